The van der Waals surface area contributed by atoms with Crippen molar-refractivity contribution in [2.24, 2.45) is 5.41 Å². The molecule has 6 heteroatoms. The molecule has 0 atom stereocenters. The molecule has 1 amide bonds. The van der Waals surface area contributed by atoms with Gasteiger partial charge in [0.2, 0.25) is 5.91 Å². The lowest BCUT2D eigenvalue weighted by Gasteiger charge is -2.55. The smallest absolute Gasteiger partial charge is 0.241 e. The number of nitrogens with one attached hydrogen (secondary N) is 1. The van der Waals surface area contributed by atoms with Crippen LogP contribution in [0.5, 0.6) is 0 Å². The van der Waals surface area contributed by atoms with Gasteiger partial charge in [-0.25, -0.2) is 9.97 Å². The Labute approximate surface area is 133 Å². The van der Waals surface area contributed by atoms with Crippen LogP contribution in [0.3, 0.4) is 0 Å². The lowest BCUT2D eigenvalue weighted by Crippen LogP contribution is -2.62. The van der Waals surface area contributed by atoms with Gasteiger partial charge in [0.05, 0.1) is 12.1 Å². The Bertz CT molecular complexity index is 736. The zero-order chi connectivity index (χ0) is 15.2. The third kappa shape index (κ3) is 2.29. The monoisotopic (exact) mass is 316 g/mol. The van der Waals surface area contributed by atoms with Gasteiger partial charge >= 0.3 is 0 Å². The normalized spacial score (nSPS) is 18.9. The third-order valence-corrected chi connectivity index (χ3v) is 5.06. The molecular weight excluding hydrogens is 300 g/mol. The van der Waals surface area contributed by atoms with Crippen LogP contribution in [0.1, 0.15) is 19.3 Å². The number of rotatable bonds is 3. The molecule has 1 aromatic carbocycles. The van der Waals surface area contributed by atoms with E-state index in [9.17, 15) is 4.79 Å². The summed E-state index contributed by atoms with van der Waals surface area (Å²) < 4.78 is 0. The summed E-state index contributed by atoms with van der Waals surface area (Å²) in [6.45, 7) is 2.12. The number of likely N-dealkylation sites (tertiary alicyclic amines) is 1. The molecule has 2 fully saturated rings. The van der Waals surface area contributed by atoms with Crippen molar-refractivity contribution in [2.75, 3.05) is 25.0 Å². The molecule has 1 aliphatic heterocycles. The third-order valence-electron chi connectivity index (χ3n) is 4.83. The van der Waals surface area contributed by atoms with Crippen LogP contribution in [0.2, 0.25) is 5.02 Å². The molecule has 1 spiro atoms. The van der Waals surface area contributed by atoms with Crippen molar-refractivity contribution in [3.63, 3.8) is 0 Å². The molecule has 0 bridgehead atoms. The summed E-state index contributed by atoms with van der Waals surface area (Å²) >= 11 is 5.97. The largest absolute Gasteiger partial charge is 0.360 e. The van der Waals surface area contributed by atoms with Crippen LogP contribution in [0.4, 0.5) is 5.82 Å². The number of hydrogen-bond donors (Lipinski definition) is 1. The number of aromatic nitrogens is 2. The van der Waals surface area contributed by atoms with Crippen molar-refractivity contribution in [2.45, 2.75) is 19.3 Å². The van der Waals surface area contributed by atoms with Crippen LogP contribution in [-0.2, 0) is 4.79 Å². The molecule has 4 rings (SSSR count). The molecule has 5 nitrogen and oxygen atoms in total. The van der Waals surface area contributed by atoms with E-state index in [1.54, 1.807) is 12.1 Å². The molecule has 1 aromatic heterocycles. The lowest BCUT2D eigenvalue weighted by atomic mass is 9.63. The second kappa shape index (κ2) is 5.09. The van der Waals surface area contributed by atoms with E-state index in [-0.39, 0.29) is 12.5 Å². The van der Waals surface area contributed by atoms with Crippen molar-refractivity contribution in [1.82, 2.24) is 14.9 Å². The minimum Gasteiger partial charge on any atom is -0.360 e. The van der Waals surface area contributed by atoms with Gasteiger partial charge in [-0.3, -0.25) is 4.79 Å². The van der Waals surface area contributed by atoms with Gasteiger partial charge in [-0.1, -0.05) is 18.0 Å². The van der Waals surface area contributed by atoms with Crippen molar-refractivity contribution in [3.8, 4) is 0 Å². The van der Waals surface area contributed by atoms with Gasteiger partial charge < -0.3 is 10.2 Å². The van der Waals surface area contributed by atoms with E-state index in [2.05, 4.69) is 15.3 Å². The molecule has 2 aliphatic rings. The summed E-state index contributed by atoms with van der Waals surface area (Å²) in [6.07, 6.45) is 5.36. The van der Waals surface area contributed by atoms with Gasteiger partial charge in [-0.05, 0) is 31.0 Å². The summed E-state index contributed by atoms with van der Waals surface area (Å²) in [6, 6.07) is 5.47. The Morgan fingerprint density at radius 3 is 2.86 bits per heavy atom. The number of fused-ring (bicyclic) bond motifs is 1. The molecule has 0 radical (unpaired) electrons. The van der Waals surface area contributed by atoms with Gasteiger partial charge in [0.25, 0.3) is 0 Å². The number of amides is 1. The van der Waals surface area contributed by atoms with Gasteiger partial charge in [-0.2, -0.15) is 0 Å². The number of carbonyl (C=O) groups is 1. The quantitative estimate of drug-likeness (QED) is 0.946. The average Bonchev–Trinajstić information content (AvgIpc) is 2.41. The van der Waals surface area contributed by atoms with Crippen molar-refractivity contribution in [3.05, 3.63) is 29.5 Å². The summed E-state index contributed by atoms with van der Waals surface area (Å²) in [4.78, 5) is 22.6. The van der Waals surface area contributed by atoms with E-state index >= 15 is 0 Å². The highest BCUT2D eigenvalue weighted by atomic mass is 35.5. The number of halogens is 1. The summed E-state index contributed by atoms with van der Waals surface area (Å²) in [7, 11) is 0. The molecule has 2 aromatic rings. The van der Waals surface area contributed by atoms with E-state index in [1.165, 1.54) is 25.6 Å². The zero-order valence-electron chi connectivity index (χ0n) is 12.2. The topological polar surface area (TPSA) is 58.1 Å². The second-order valence-corrected chi connectivity index (χ2v) is 6.78. The van der Waals surface area contributed by atoms with E-state index in [1.807, 2.05) is 11.0 Å². The first-order chi connectivity index (χ1) is 10.7. The molecule has 1 saturated carbocycles. The van der Waals surface area contributed by atoms with Crippen LogP contribution in [0, 0.1) is 5.41 Å². The maximum Gasteiger partial charge on any atom is 0.241 e. The first kappa shape index (κ1) is 13.8. The van der Waals surface area contributed by atoms with Crippen LogP contribution in [-0.4, -0.2) is 40.4 Å². The van der Waals surface area contributed by atoms with Gasteiger partial charge in [0, 0.05) is 28.9 Å². The van der Waals surface area contributed by atoms with Crippen LogP contribution in [0.15, 0.2) is 24.5 Å². The fourth-order valence-corrected chi connectivity index (χ4v) is 3.54. The molecule has 114 valence electrons. The van der Waals surface area contributed by atoms with Crippen molar-refractivity contribution < 1.29 is 4.79 Å². The van der Waals surface area contributed by atoms with Crippen molar-refractivity contribution >= 4 is 34.2 Å². The van der Waals surface area contributed by atoms with Crippen molar-refractivity contribution in [1.29, 1.82) is 0 Å². The zero-order valence-corrected chi connectivity index (χ0v) is 12.9. The van der Waals surface area contributed by atoms with Crippen LogP contribution < -0.4 is 5.32 Å². The summed E-state index contributed by atoms with van der Waals surface area (Å²) in [5, 5.41) is 4.65. The van der Waals surface area contributed by atoms with Gasteiger partial charge in [0.1, 0.15) is 12.1 Å². The average molecular weight is 317 g/mol. The number of anilines is 1. The van der Waals surface area contributed by atoms with Gasteiger partial charge in [0.15, 0.2) is 0 Å². The molecular formula is C16H17ClN4O. The number of carbonyl (C=O) groups excluding carboxylic acids is 1. The highest BCUT2D eigenvalue weighted by Gasteiger charge is 2.48. The maximum absolute atomic E-state index is 12.2. The summed E-state index contributed by atoms with van der Waals surface area (Å²) in [5.74, 6) is 0.812. The van der Waals surface area contributed by atoms with E-state index in [0.29, 0.717) is 16.3 Å². The number of nitrogens with zero attached hydrogens (tertiary/aromatic N) is 3. The SMILES string of the molecule is O=C(CNc1ncnc2cc(Cl)ccc12)N1CC2(CCC2)C1. The number of benzene rings is 1. The predicted molar refractivity (Wildman–Crippen MR) is 85.9 cm³/mol. The van der Waals surface area contributed by atoms with Gasteiger partial charge in [-0.15, -0.1) is 0 Å². The second-order valence-electron chi connectivity index (χ2n) is 6.34. The fraction of sp³-hybridized carbons (Fsp3) is 0.438. The maximum atomic E-state index is 12.2. The van der Waals surface area contributed by atoms with E-state index in [4.69, 9.17) is 11.6 Å². The Morgan fingerprint density at radius 1 is 1.32 bits per heavy atom. The minimum atomic E-state index is 0.137. The molecule has 1 aliphatic carbocycles. The molecule has 1 saturated heterocycles. The first-order valence-corrected chi connectivity index (χ1v) is 7.95. The number of hydrogen-bond acceptors (Lipinski definition) is 4. The highest BCUT2D eigenvalue weighted by Crippen LogP contribution is 2.47. The molecule has 1 N–H and O–H groups in total. The fourth-order valence-electron chi connectivity index (χ4n) is 3.38. The summed E-state index contributed by atoms with van der Waals surface area (Å²) in [5.41, 5.74) is 1.24. The van der Waals surface area contributed by atoms with Crippen LogP contribution in [0.25, 0.3) is 10.9 Å². The van der Waals surface area contributed by atoms with Crippen LogP contribution >= 0.6 is 11.6 Å². The minimum absolute atomic E-state index is 0.137. The standard InChI is InChI=1S/C16H17ClN4O/c17-11-2-3-12-13(6-11)19-10-20-15(12)18-7-14(22)21-8-16(9-21)4-1-5-16/h2-3,6,10H,1,4-5,7-9H2,(H,18,19,20). The first-order valence-electron chi connectivity index (χ1n) is 7.57. The van der Waals surface area contributed by atoms with E-state index < -0.39 is 0 Å². The predicted octanol–water partition coefficient (Wildman–Crippen LogP) is 2.71. The molecule has 2 heterocycles. The Kier molecular flexibility index (Phi) is 3.18. The molecule has 22 heavy (non-hydrogen) atoms. The van der Waals surface area contributed by atoms with E-state index in [0.717, 1.165) is 24.0 Å². The Balaban J connectivity index is 1.42. The Hall–Kier alpha value is -1.88. The highest BCUT2D eigenvalue weighted by molar-refractivity contribution is 6.31. The lowest BCUT2D eigenvalue weighted by molar-refractivity contribution is -0.147. The molecule has 0 unspecified atom stereocenters. The Morgan fingerprint density at radius 2 is 2.14 bits per heavy atom.